The average Bonchev–Trinajstić information content (AvgIpc) is 2.33. The fourth-order valence-corrected chi connectivity index (χ4v) is 2.11. The maximum absolute atomic E-state index is 9.45. The Balaban J connectivity index is 2.38. The molecule has 1 atom stereocenters. The van der Waals surface area contributed by atoms with Crippen LogP contribution in [0.25, 0.3) is 0 Å². The molecule has 1 unspecified atom stereocenters. The number of nitrogens with one attached hydrogen (secondary N) is 1. The summed E-state index contributed by atoms with van der Waals surface area (Å²) in [6.07, 6.45) is 10.4. The third-order valence-electron chi connectivity index (χ3n) is 3.83. The van der Waals surface area contributed by atoms with E-state index in [1.165, 1.54) is 19.3 Å². The van der Waals surface area contributed by atoms with Crippen LogP contribution in [0.2, 0.25) is 0 Å². The minimum absolute atomic E-state index is 0.0886. The molecule has 0 aliphatic heterocycles. The van der Waals surface area contributed by atoms with Gasteiger partial charge < -0.3 is 10.4 Å². The van der Waals surface area contributed by atoms with E-state index in [4.69, 9.17) is 0 Å². The van der Waals surface area contributed by atoms with Crippen molar-refractivity contribution in [2.24, 2.45) is 5.41 Å². The van der Waals surface area contributed by atoms with Crippen LogP contribution in [0.15, 0.2) is 12.2 Å². The number of rotatable bonds is 6. The first kappa shape index (κ1) is 12.7. The molecule has 0 aromatic rings. The largest absolute Gasteiger partial charge is 0.396 e. The molecular weight excluding hydrogens is 186 g/mol. The highest BCUT2D eigenvalue weighted by atomic mass is 16.3. The third kappa shape index (κ3) is 3.62. The Morgan fingerprint density at radius 1 is 1.40 bits per heavy atom. The molecule has 1 aliphatic carbocycles. The van der Waals surface area contributed by atoms with Gasteiger partial charge in [-0.2, -0.15) is 0 Å². The van der Waals surface area contributed by atoms with Crippen molar-refractivity contribution in [1.29, 1.82) is 0 Å². The topological polar surface area (TPSA) is 32.3 Å². The fraction of sp³-hybridized carbons (Fsp3) is 0.846. The van der Waals surface area contributed by atoms with E-state index in [-0.39, 0.29) is 5.41 Å². The Morgan fingerprint density at radius 3 is 2.60 bits per heavy atom. The molecule has 0 radical (unpaired) electrons. The summed E-state index contributed by atoms with van der Waals surface area (Å²) in [4.78, 5) is 0. The van der Waals surface area contributed by atoms with Crippen molar-refractivity contribution in [2.75, 3.05) is 13.2 Å². The molecule has 1 rings (SSSR count). The van der Waals surface area contributed by atoms with Crippen LogP contribution < -0.4 is 5.32 Å². The zero-order chi connectivity index (χ0) is 11.1. The van der Waals surface area contributed by atoms with Gasteiger partial charge in [-0.3, -0.25) is 0 Å². The molecule has 0 aromatic heterocycles. The van der Waals surface area contributed by atoms with E-state index in [2.05, 4.69) is 31.3 Å². The molecule has 0 spiro atoms. The van der Waals surface area contributed by atoms with Crippen LogP contribution in [0.3, 0.4) is 0 Å². The maximum atomic E-state index is 9.45. The van der Waals surface area contributed by atoms with Crippen molar-refractivity contribution in [3.63, 3.8) is 0 Å². The second-order valence-corrected chi connectivity index (χ2v) is 4.71. The lowest BCUT2D eigenvalue weighted by Crippen LogP contribution is -2.41. The first-order valence-electron chi connectivity index (χ1n) is 6.27. The van der Waals surface area contributed by atoms with Crippen LogP contribution >= 0.6 is 0 Å². The summed E-state index contributed by atoms with van der Waals surface area (Å²) < 4.78 is 0. The second kappa shape index (κ2) is 6.29. The van der Waals surface area contributed by atoms with Crippen molar-refractivity contribution < 1.29 is 5.11 Å². The van der Waals surface area contributed by atoms with Gasteiger partial charge in [-0.05, 0) is 32.1 Å². The summed E-state index contributed by atoms with van der Waals surface area (Å²) in [5.41, 5.74) is 0.0886. The molecule has 15 heavy (non-hydrogen) atoms. The van der Waals surface area contributed by atoms with Gasteiger partial charge in [0.05, 0.1) is 0 Å². The van der Waals surface area contributed by atoms with Crippen molar-refractivity contribution in [1.82, 2.24) is 5.32 Å². The van der Waals surface area contributed by atoms with Crippen molar-refractivity contribution in [3.8, 4) is 0 Å². The number of hydrogen-bond acceptors (Lipinski definition) is 2. The Morgan fingerprint density at radius 2 is 2.13 bits per heavy atom. The fourth-order valence-electron chi connectivity index (χ4n) is 2.11. The van der Waals surface area contributed by atoms with E-state index in [0.717, 1.165) is 19.4 Å². The zero-order valence-corrected chi connectivity index (χ0v) is 10.1. The SMILES string of the molecule is CCC(CC)(CO)CNC1C=CCCC1. The number of allylic oxidation sites excluding steroid dienone is 1. The van der Waals surface area contributed by atoms with E-state index in [1.807, 2.05) is 0 Å². The van der Waals surface area contributed by atoms with Crippen molar-refractivity contribution in [2.45, 2.75) is 52.0 Å². The van der Waals surface area contributed by atoms with E-state index < -0.39 is 0 Å². The van der Waals surface area contributed by atoms with Crippen molar-refractivity contribution >= 4 is 0 Å². The minimum atomic E-state index is 0.0886. The van der Waals surface area contributed by atoms with Gasteiger partial charge in [0.2, 0.25) is 0 Å². The van der Waals surface area contributed by atoms with E-state index in [1.54, 1.807) is 0 Å². The van der Waals surface area contributed by atoms with Gasteiger partial charge in [-0.1, -0.05) is 26.0 Å². The molecule has 1 aliphatic rings. The quantitative estimate of drug-likeness (QED) is 0.662. The standard InChI is InChI=1S/C13H25NO/c1-3-13(4-2,11-15)10-14-12-8-6-5-7-9-12/h6,8,12,14-15H,3-5,7,9-11H2,1-2H3. The molecule has 88 valence electrons. The summed E-state index contributed by atoms with van der Waals surface area (Å²) in [6, 6.07) is 0.530. The van der Waals surface area contributed by atoms with Gasteiger partial charge >= 0.3 is 0 Å². The molecule has 0 saturated carbocycles. The zero-order valence-electron chi connectivity index (χ0n) is 10.1. The second-order valence-electron chi connectivity index (χ2n) is 4.71. The average molecular weight is 211 g/mol. The highest BCUT2D eigenvalue weighted by molar-refractivity contribution is 4.98. The first-order chi connectivity index (χ1) is 7.26. The molecule has 2 heteroatoms. The number of aliphatic hydroxyl groups excluding tert-OH is 1. The van der Waals surface area contributed by atoms with Gasteiger partial charge in [-0.25, -0.2) is 0 Å². The van der Waals surface area contributed by atoms with Gasteiger partial charge in [0.15, 0.2) is 0 Å². The predicted molar refractivity (Wildman–Crippen MR) is 64.9 cm³/mol. The predicted octanol–water partition coefficient (Wildman–Crippen LogP) is 2.48. The first-order valence-corrected chi connectivity index (χ1v) is 6.27. The van der Waals surface area contributed by atoms with Crippen LogP contribution in [0.4, 0.5) is 0 Å². The van der Waals surface area contributed by atoms with Crippen LogP contribution in [0, 0.1) is 5.41 Å². The molecule has 0 bridgehead atoms. The molecule has 2 N–H and O–H groups in total. The summed E-state index contributed by atoms with van der Waals surface area (Å²) in [7, 11) is 0. The Bertz CT molecular complexity index is 188. The van der Waals surface area contributed by atoms with Gasteiger partial charge in [0, 0.05) is 24.6 Å². The van der Waals surface area contributed by atoms with Crippen molar-refractivity contribution in [3.05, 3.63) is 12.2 Å². The maximum Gasteiger partial charge on any atom is 0.0499 e. The van der Waals surface area contributed by atoms with Gasteiger partial charge in [0.1, 0.15) is 0 Å². The Hall–Kier alpha value is -0.340. The van der Waals surface area contributed by atoms with Gasteiger partial charge in [0.25, 0.3) is 0 Å². The molecule has 2 nitrogen and oxygen atoms in total. The molecular formula is C13H25NO. The molecule has 0 amide bonds. The molecule has 0 aromatic carbocycles. The van der Waals surface area contributed by atoms with Crippen LogP contribution in [-0.2, 0) is 0 Å². The third-order valence-corrected chi connectivity index (χ3v) is 3.83. The molecule has 0 fully saturated rings. The highest BCUT2D eigenvalue weighted by Gasteiger charge is 2.25. The molecule has 0 heterocycles. The van der Waals surface area contributed by atoms with Gasteiger partial charge in [-0.15, -0.1) is 0 Å². The number of hydrogen-bond donors (Lipinski definition) is 2. The monoisotopic (exact) mass is 211 g/mol. The lowest BCUT2D eigenvalue weighted by Gasteiger charge is -2.32. The minimum Gasteiger partial charge on any atom is -0.396 e. The highest BCUT2D eigenvalue weighted by Crippen LogP contribution is 2.25. The smallest absolute Gasteiger partial charge is 0.0499 e. The lowest BCUT2D eigenvalue weighted by molar-refractivity contribution is 0.111. The number of aliphatic hydroxyl groups is 1. The molecule has 0 saturated heterocycles. The summed E-state index contributed by atoms with van der Waals surface area (Å²) in [5.74, 6) is 0. The van der Waals surface area contributed by atoms with E-state index in [0.29, 0.717) is 12.6 Å². The Kier molecular flexibility index (Phi) is 5.34. The van der Waals surface area contributed by atoms with Crippen LogP contribution in [0.5, 0.6) is 0 Å². The van der Waals surface area contributed by atoms with E-state index in [9.17, 15) is 5.11 Å². The summed E-state index contributed by atoms with van der Waals surface area (Å²) in [5, 5.41) is 13.0. The summed E-state index contributed by atoms with van der Waals surface area (Å²) in [6.45, 7) is 5.56. The normalized spacial score (nSPS) is 21.9. The van der Waals surface area contributed by atoms with Crippen LogP contribution in [-0.4, -0.2) is 24.3 Å². The summed E-state index contributed by atoms with van der Waals surface area (Å²) >= 11 is 0. The lowest BCUT2D eigenvalue weighted by atomic mass is 9.83. The Labute approximate surface area is 93.8 Å². The van der Waals surface area contributed by atoms with E-state index >= 15 is 0 Å². The van der Waals surface area contributed by atoms with Crippen LogP contribution in [0.1, 0.15) is 46.0 Å².